The third kappa shape index (κ3) is 2.47. The number of ether oxygens (including phenoxy) is 1. The van der Waals surface area contributed by atoms with Crippen molar-refractivity contribution in [2.24, 2.45) is 4.99 Å². The summed E-state index contributed by atoms with van der Waals surface area (Å²) < 4.78 is 10.2. The maximum absolute atomic E-state index is 5.13. The van der Waals surface area contributed by atoms with Crippen LogP contribution >= 0.6 is 0 Å². The van der Waals surface area contributed by atoms with Gasteiger partial charge < -0.3 is 9.15 Å². The Bertz CT molecular complexity index is 446. The van der Waals surface area contributed by atoms with Crippen LogP contribution in [0.5, 0.6) is 5.75 Å². The van der Waals surface area contributed by atoms with E-state index in [9.17, 15) is 0 Å². The zero-order chi connectivity index (χ0) is 10.5. The molecule has 0 unspecified atom stereocenters. The molecule has 76 valence electrons. The number of rotatable bonds is 3. The number of furan rings is 1. The van der Waals surface area contributed by atoms with Crippen molar-refractivity contribution in [1.82, 2.24) is 0 Å². The van der Waals surface area contributed by atoms with E-state index >= 15 is 0 Å². The van der Waals surface area contributed by atoms with Crippen molar-refractivity contribution in [3.05, 3.63) is 48.4 Å². The maximum atomic E-state index is 5.13. The van der Waals surface area contributed by atoms with E-state index in [1.165, 1.54) is 0 Å². The van der Waals surface area contributed by atoms with Gasteiger partial charge in [0.2, 0.25) is 0 Å². The fraction of sp³-hybridized carbons (Fsp3) is 0.0833. The summed E-state index contributed by atoms with van der Waals surface area (Å²) in [6.45, 7) is 0. The normalized spacial score (nSPS) is 10.7. The maximum Gasteiger partial charge on any atom is 0.144 e. The molecule has 1 aromatic heterocycles. The van der Waals surface area contributed by atoms with E-state index in [1.54, 1.807) is 19.6 Å². The molecule has 0 bridgehead atoms. The van der Waals surface area contributed by atoms with Gasteiger partial charge in [-0.2, -0.15) is 0 Å². The van der Waals surface area contributed by atoms with Gasteiger partial charge in [0.15, 0.2) is 0 Å². The first kappa shape index (κ1) is 9.52. The van der Waals surface area contributed by atoms with Gasteiger partial charge in [-0.1, -0.05) is 6.07 Å². The van der Waals surface area contributed by atoms with Crippen molar-refractivity contribution >= 4 is 11.9 Å². The van der Waals surface area contributed by atoms with Crippen LogP contribution in [0.25, 0.3) is 0 Å². The highest BCUT2D eigenvalue weighted by Crippen LogP contribution is 2.19. The first-order valence-corrected chi connectivity index (χ1v) is 4.60. The third-order valence-electron chi connectivity index (χ3n) is 1.94. The predicted molar refractivity (Wildman–Crippen MR) is 59.0 cm³/mol. The molecule has 0 aliphatic rings. The molecular formula is C12H11NO2. The summed E-state index contributed by atoms with van der Waals surface area (Å²) in [5, 5.41) is 0. The van der Waals surface area contributed by atoms with Gasteiger partial charge in [-0.15, -0.1) is 0 Å². The van der Waals surface area contributed by atoms with Crippen LogP contribution in [-0.4, -0.2) is 13.3 Å². The first-order valence-electron chi connectivity index (χ1n) is 4.60. The zero-order valence-corrected chi connectivity index (χ0v) is 8.38. The van der Waals surface area contributed by atoms with Crippen molar-refractivity contribution in [2.45, 2.75) is 0 Å². The monoisotopic (exact) mass is 201 g/mol. The van der Waals surface area contributed by atoms with Crippen molar-refractivity contribution in [2.75, 3.05) is 7.11 Å². The van der Waals surface area contributed by atoms with E-state index in [0.29, 0.717) is 0 Å². The predicted octanol–water partition coefficient (Wildman–Crippen LogP) is 3.04. The number of hydrogen-bond donors (Lipinski definition) is 0. The van der Waals surface area contributed by atoms with Gasteiger partial charge >= 0.3 is 0 Å². The van der Waals surface area contributed by atoms with E-state index < -0.39 is 0 Å². The number of methoxy groups -OCH3 is 1. The summed E-state index contributed by atoms with van der Waals surface area (Å²) in [4.78, 5) is 4.26. The van der Waals surface area contributed by atoms with Crippen molar-refractivity contribution < 1.29 is 9.15 Å². The van der Waals surface area contributed by atoms with Crippen LogP contribution < -0.4 is 4.74 Å². The summed E-state index contributed by atoms with van der Waals surface area (Å²) in [5.41, 5.74) is 0.839. The lowest BCUT2D eigenvalue weighted by molar-refractivity contribution is 0.415. The molecule has 0 spiro atoms. The lowest BCUT2D eigenvalue weighted by Gasteiger charge is -1.98. The zero-order valence-electron chi connectivity index (χ0n) is 8.38. The van der Waals surface area contributed by atoms with Gasteiger partial charge in [0.25, 0.3) is 0 Å². The largest absolute Gasteiger partial charge is 0.497 e. The smallest absolute Gasteiger partial charge is 0.144 e. The highest BCUT2D eigenvalue weighted by Gasteiger charge is 1.93. The molecule has 0 aliphatic heterocycles. The summed E-state index contributed by atoms with van der Waals surface area (Å²) in [6.07, 6.45) is 3.29. The van der Waals surface area contributed by atoms with Gasteiger partial charge in [0.1, 0.15) is 11.5 Å². The Kier molecular flexibility index (Phi) is 2.83. The highest BCUT2D eigenvalue weighted by molar-refractivity contribution is 5.78. The molecule has 0 fully saturated rings. The molecule has 3 heteroatoms. The molecule has 0 atom stereocenters. The summed E-state index contributed by atoms with van der Waals surface area (Å²) >= 11 is 0. The molecule has 2 aromatic rings. The van der Waals surface area contributed by atoms with E-state index in [4.69, 9.17) is 9.15 Å². The standard InChI is InChI=1S/C12H11NO2/c1-14-11-5-2-4-10(8-11)13-9-12-6-3-7-15-12/h2-9H,1H3. The van der Waals surface area contributed by atoms with E-state index in [-0.39, 0.29) is 0 Å². The minimum absolute atomic E-state index is 0.734. The van der Waals surface area contributed by atoms with Gasteiger partial charge in [0.05, 0.1) is 25.3 Å². The van der Waals surface area contributed by atoms with Crippen molar-refractivity contribution in [3.8, 4) is 5.75 Å². The van der Waals surface area contributed by atoms with Crippen LogP contribution in [0.1, 0.15) is 5.76 Å². The average molecular weight is 201 g/mol. The van der Waals surface area contributed by atoms with Crippen molar-refractivity contribution in [3.63, 3.8) is 0 Å². The van der Waals surface area contributed by atoms with Gasteiger partial charge in [-0.25, -0.2) is 0 Å². The Hall–Kier alpha value is -2.03. The first-order chi connectivity index (χ1) is 7.38. The molecule has 0 saturated carbocycles. The van der Waals surface area contributed by atoms with Crippen LogP contribution in [0.4, 0.5) is 5.69 Å². The Morgan fingerprint density at radius 2 is 2.20 bits per heavy atom. The molecule has 15 heavy (non-hydrogen) atoms. The van der Waals surface area contributed by atoms with Gasteiger partial charge in [0, 0.05) is 6.07 Å². The molecule has 1 aromatic carbocycles. The number of nitrogens with zero attached hydrogens (tertiary/aromatic N) is 1. The topological polar surface area (TPSA) is 34.7 Å². The minimum Gasteiger partial charge on any atom is -0.497 e. The Morgan fingerprint density at radius 3 is 2.93 bits per heavy atom. The van der Waals surface area contributed by atoms with Crippen LogP contribution in [0.15, 0.2) is 52.1 Å². The second kappa shape index (κ2) is 4.46. The van der Waals surface area contributed by atoms with Gasteiger partial charge in [-0.3, -0.25) is 4.99 Å². The molecule has 0 saturated heterocycles. The van der Waals surface area contributed by atoms with Crippen LogP contribution in [0.3, 0.4) is 0 Å². The minimum atomic E-state index is 0.734. The highest BCUT2D eigenvalue weighted by atomic mass is 16.5. The average Bonchev–Trinajstić information content (AvgIpc) is 2.79. The molecule has 0 radical (unpaired) electrons. The molecule has 0 aliphatic carbocycles. The van der Waals surface area contributed by atoms with E-state index in [0.717, 1.165) is 17.2 Å². The Morgan fingerprint density at radius 1 is 1.27 bits per heavy atom. The Labute approximate surface area is 88.0 Å². The van der Waals surface area contributed by atoms with Gasteiger partial charge in [-0.05, 0) is 24.3 Å². The van der Waals surface area contributed by atoms with Crippen LogP contribution in [0, 0.1) is 0 Å². The SMILES string of the molecule is COc1cccc(N=Cc2ccco2)c1. The molecule has 0 amide bonds. The molecule has 0 N–H and O–H groups in total. The van der Waals surface area contributed by atoms with E-state index in [1.807, 2.05) is 36.4 Å². The second-order valence-corrected chi connectivity index (χ2v) is 2.98. The Balaban J connectivity index is 2.17. The molecular weight excluding hydrogens is 190 g/mol. The summed E-state index contributed by atoms with van der Waals surface area (Å²) in [6, 6.07) is 11.2. The quantitative estimate of drug-likeness (QED) is 0.715. The summed E-state index contributed by atoms with van der Waals surface area (Å²) in [7, 11) is 1.63. The fourth-order valence-electron chi connectivity index (χ4n) is 1.19. The number of hydrogen-bond acceptors (Lipinski definition) is 3. The van der Waals surface area contributed by atoms with Crippen LogP contribution in [-0.2, 0) is 0 Å². The molecule has 3 nitrogen and oxygen atoms in total. The second-order valence-electron chi connectivity index (χ2n) is 2.98. The summed E-state index contributed by atoms with van der Waals surface area (Å²) in [5.74, 6) is 1.53. The van der Waals surface area contributed by atoms with Crippen LogP contribution in [0.2, 0.25) is 0 Å². The third-order valence-corrected chi connectivity index (χ3v) is 1.94. The van der Waals surface area contributed by atoms with Crippen molar-refractivity contribution in [1.29, 1.82) is 0 Å². The molecule has 1 heterocycles. The fourth-order valence-corrected chi connectivity index (χ4v) is 1.19. The molecule has 2 rings (SSSR count). The number of aliphatic imine (C=N–C) groups is 1. The lowest BCUT2D eigenvalue weighted by Crippen LogP contribution is -1.80. The lowest BCUT2D eigenvalue weighted by atomic mass is 10.3. The number of benzene rings is 1. The van der Waals surface area contributed by atoms with E-state index in [2.05, 4.69) is 4.99 Å².